The van der Waals surface area contributed by atoms with E-state index in [4.69, 9.17) is 9.15 Å². The second-order valence-corrected chi connectivity index (χ2v) is 4.87. The van der Waals surface area contributed by atoms with Crippen molar-refractivity contribution in [3.63, 3.8) is 0 Å². The van der Waals surface area contributed by atoms with Crippen molar-refractivity contribution in [2.45, 2.75) is 13.3 Å². The van der Waals surface area contributed by atoms with Gasteiger partial charge in [-0.3, -0.25) is 0 Å². The number of furan rings is 1. The van der Waals surface area contributed by atoms with Gasteiger partial charge in [0.05, 0.1) is 11.8 Å². The first-order valence-corrected chi connectivity index (χ1v) is 7.50. The minimum atomic E-state index is 0.594. The molecule has 0 aliphatic carbocycles. The molecule has 0 saturated heterocycles. The highest BCUT2D eigenvalue weighted by molar-refractivity contribution is 5.90. The van der Waals surface area contributed by atoms with Gasteiger partial charge in [-0.2, -0.15) is 0 Å². The molecule has 22 heavy (non-hydrogen) atoms. The van der Waals surface area contributed by atoms with Crippen LogP contribution in [0.1, 0.15) is 13.3 Å². The molecule has 0 atom stereocenters. The highest BCUT2D eigenvalue weighted by Crippen LogP contribution is 2.24. The van der Waals surface area contributed by atoms with Crippen LogP contribution in [0.4, 0.5) is 5.82 Å². The Morgan fingerprint density at radius 1 is 1.14 bits per heavy atom. The Balaban J connectivity index is 1.86. The summed E-state index contributed by atoms with van der Waals surface area (Å²) in [7, 11) is 0. The minimum Gasteiger partial charge on any atom is -0.461 e. The first kappa shape index (κ1) is 14.5. The molecule has 0 saturated carbocycles. The lowest BCUT2D eigenvalue weighted by atomic mass is 10.2. The number of benzene rings is 1. The minimum absolute atomic E-state index is 0.594. The standard InChI is InChI=1S/C17H19N3O2/c1-2-21-11-6-10-18-16-13-7-3-4-8-14(13)19-17(20-16)15-9-5-12-22-15/h3-5,7-9,12H,2,6,10-11H2,1H3,(H,18,19,20). The number of anilines is 1. The number of hydrogen-bond acceptors (Lipinski definition) is 5. The molecule has 0 radical (unpaired) electrons. The molecule has 3 rings (SSSR count). The fourth-order valence-electron chi connectivity index (χ4n) is 2.25. The number of fused-ring (bicyclic) bond motifs is 1. The normalized spacial score (nSPS) is 11.0. The van der Waals surface area contributed by atoms with Gasteiger partial charge in [-0.25, -0.2) is 9.97 Å². The van der Waals surface area contributed by atoms with Crippen molar-refractivity contribution in [3.8, 4) is 11.6 Å². The van der Waals surface area contributed by atoms with Crippen LogP contribution in [-0.2, 0) is 4.74 Å². The van der Waals surface area contributed by atoms with Crippen molar-refractivity contribution in [3.05, 3.63) is 42.7 Å². The van der Waals surface area contributed by atoms with Gasteiger partial charge in [0.1, 0.15) is 5.82 Å². The largest absolute Gasteiger partial charge is 0.461 e. The molecule has 0 aliphatic heterocycles. The lowest BCUT2D eigenvalue weighted by Gasteiger charge is -2.10. The van der Waals surface area contributed by atoms with Gasteiger partial charge in [0, 0.05) is 25.1 Å². The summed E-state index contributed by atoms with van der Waals surface area (Å²) in [4.78, 5) is 9.17. The van der Waals surface area contributed by atoms with E-state index in [0.29, 0.717) is 11.6 Å². The van der Waals surface area contributed by atoms with Gasteiger partial charge in [0.15, 0.2) is 11.6 Å². The molecule has 114 valence electrons. The predicted octanol–water partition coefficient (Wildman–Crippen LogP) is 3.73. The van der Waals surface area contributed by atoms with Crippen LogP contribution in [0.2, 0.25) is 0 Å². The van der Waals surface area contributed by atoms with Crippen molar-refractivity contribution < 1.29 is 9.15 Å². The molecule has 3 aromatic rings. The molecule has 1 aromatic carbocycles. The molecule has 0 unspecified atom stereocenters. The molecular weight excluding hydrogens is 278 g/mol. The van der Waals surface area contributed by atoms with Gasteiger partial charge in [-0.05, 0) is 37.6 Å². The van der Waals surface area contributed by atoms with E-state index in [1.165, 1.54) is 0 Å². The van der Waals surface area contributed by atoms with E-state index in [0.717, 1.165) is 42.9 Å². The average Bonchev–Trinajstić information content (AvgIpc) is 3.09. The highest BCUT2D eigenvalue weighted by atomic mass is 16.5. The zero-order valence-corrected chi connectivity index (χ0v) is 12.6. The number of aromatic nitrogens is 2. The Morgan fingerprint density at radius 2 is 2.05 bits per heavy atom. The van der Waals surface area contributed by atoms with Crippen LogP contribution in [-0.4, -0.2) is 29.7 Å². The van der Waals surface area contributed by atoms with Crippen LogP contribution in [0, 0.1) is 0 Å². The Bertz CT molecular complexity index is 726. The topological polar surface area (TPSA) is 60.2 Å². The quantitative estimate of drug-likeness (QED) is 0.673. The third kappa shape index (κ3) is 3.26. The molecular formula is C17H19N3O2. The maximum atomic E-state index is 5.41. The van der Waals surface area contributed by atoms with Crippen molar-refractivity contribution >= 4 is 16.7 Å². The first-order valence-electron chi connectivity index (χ1n) is 7.50. The summed E-state index contributed by atoms with van der Waals surface area (Å²) in [5.74, 6) is 2.09. The molecule has 2 heterocycles. The molecule has 5 heteroatoms. The summed E-state index contributed by atoms with van der Waals surface area (Å²) in [6, 6.07) is 11.7. The molecule has 0 spiro atoms. The van der Waals surface area contributed by atoms with Crippen molar-refractivity contribution in [1.29, 1.82) is 0 Å². The second-order valence-electron chi connectivity index (χ2n) is 4.87. The van der Waals surface area contributed by atoms with Gasteiger partial charge in [0.25, 0.3) is 0 Å². The maximum Gasteiger partial charge on any atom is 0.198 e. The molecule has 0 bridgehead atoms. The van der Waals surface area contributed by atoms with E-state index < -0.39 is 0 Å². The summed E-state index contributed by atoms with van der Waals surface area (Å²) in [5.41, 5.74) is 0.899. The fourth-order valence-corrected chi connectivity index (χ4v) is 2.25. The van der Waals surface area contributed by atoms with Gasteiger partial charge >= 0.3 is 0 Å². The molecule has 0 amide bonds. The van der Waals surface area contributed by atoms with E-state index in [2.05, 4.69) is 15.3 Å². The van der Waals surface area contributed by atoms with E-state index >= 15 is 0 Å². The molecule has 5 nitrogen and oxygen atoms in total. The van der Waals surface area contributed by atoms with Crippen molar-refractivity contribution in [2.24, 2.45) is 0 Å². The van der Waals surface area contributed by atoms with E-state index in [1.807, 2.05) is 43.3 Å². The number of para-hydroxylation sites is 1. The van der Waals surface area contributed by atoms with Crippen molar-refractivity contribution in [2.75, 3.05) is 25.1 Å². The molecule has 0 fully saturated rings. The number of hydrogen-bond donors (Lipinski definition) is 1. The van der Waals surface area contributed by atoms with Crippen LogP contribution in [0.25, 0.3) is 22.5 Å². The molecule has 2 aromatic heterocycles. The Kier molecular flexibility index (Phi) is 4.65. The van der Waals surface area contributed by atoms with Gasteiger partial charge in [0.2, 0.25) is 0 Å². The predicted molar refractivity (Wildman–Crippen MR) is 86.8 cm³/mol. The number of nitrogens with one attached hydrogen (secondary N) is 1. The molecule has 0 aliphatic rings. The Morgan fingerprint density at radius 3 is 2.86 bits per heavy atom. The third-order valence-corrected chi connectivity index (χ3v) is 3.31. The fraction of sp³-hybridized carbons (Fsp3) is 0.294. The summed E-state index contributed by atoms with van der Waals surface area (Å²) >= 11 is 0. The number of rotatable bonds is 7. The van der Waals surface area contributed by atoms with Gasteiger partial charge in [-0.15, -0.1) is 0 Å². The van der Waals surface area contributed by atoms with Crippen LogP contribution >= 0.6 is 0 Å². The number of ether oxygens (including phenoxy) is 1. The zero-order chi connectivity index (χ0) is 15.2. The zero-order valence-electron chi connectivity index (χ0n) is 12.6. The van der Waals surface area contributed by atoms with Gasteiger partial charge in [-0.1, -0.05) is 12.1 Å². The van der Waals surface area contributed by atoms with E-state index in [-0.39, 0.29) is 0 Å². The van der Waals surface area contributed by atoms with Crippen LogP contribution in [0.15, 0.2) is 47.1 Å². The van der Waals surface area contributed by atoms with Crippen molar-refractivity contribution in [1.82, 2.24) is 9.97 Å². The lowest BCUT2D eigenvalue weighted by molar-refractivity contribution is 0.147. The maximum absolute atomic E-state index is 5.41. The molecule has 1 N–H and O–H groups in total. The van der Waals surface area contributed by atoms with Crippen LogP contribution < -0.4 is 5.32 Å². The van der Waals surface area contributed by atoms with E-state index in [9.17, 15) is 0 Å². The Labute approximate surface area is 129 Å². The highest BCUT2D eigenvalue weighted by Gasteiger charge is 2.10. The Hall–Kier alpha value is -2.40. The first-order chi connectivity index (χ1) is 10.9. The SMILES string of the molecule is CCOCCCNc1nc(-c2ccco2)nc2ccccc12. The lowest BCUT2D eigenvalue weighted by Crippen LogP contribution is -2.08. The van der Waals surface area contributed by atoms with Gasteiger partial charge < -0.3 is 14.5 Å². The smallest absolute Gasteiger partial charge is 0.198 e. The average molecular weight is 297 g/mol. The summed E-state index contributed by atoms with van der Waals surface area (Å²) in [5, 5.41) is 4.38. The second kappa shape index (κ2) is 7.04. The number of nitrogens with zero attached hydrogens (tertiary/aromatic N) is 2. The monoisotopic (exact) mass is 297 g/mol. The van der Waals surface area contributed by atoms with Crippen LogP contribution in [0.5, 0.6) is 0 Å². The third-order valence-electron chi connectivity index (χ3n) is 3.31. The van der Waals surface area contributed by atoms with E-state index in [1.54, 1.807) is 6.26 Å². The summed E-state index contributed by atoms with van der Waals surface area (Å²) < 4.78 is 10.8. The van der Waals surface area contributed by atoms with Crippen LogP contribution in [0.3, 0.4) is 0 Å². The summed E-state index contributed by atoms with van der Waals surface area (Å²) in [6.45, 7) is 4.30. The summed E-state index contributed by atoms with van der Waals surface area (Å²) in [6.07, 6.45) is 2.56.